The first kappa shape index (κ1) is 14.1. The third-order valence-electron chi connectivity index (χ3n) is 1.66. The van der Waals surface area contributed by atoms with Crippen molar-refractivity contribution in [3.63, 3.8) is 0 Å². The summed E-state index contributed by atoms with van der Waals surface area (Å²) < 4.78 is 36.7. The second-order valence-electron chi connectivity index (χ2n) is 2.79. The summed E-state index contributed by atoms with van der Waals surface area (Å²) in [6, 6.07) is 5.04. The smallest absolute Gasteiger partial charge is 0.384 e. The molecule has 1 rings (SSSR count). The van der Waals surface area contributed by atoms with E-state index in [1.165, 1.54) is 6.07 Å². The van der Waals surface area contributed by atoms with Gasteiger partial charge in [0.1, 0.15) is 0 Å². The van der Waals surface area contributed by atoms with Gasteiger partial charge in [-0.15, -0.1) is 12.4 Å². The minimum absolute atomic E-state index is 0. The van der Waals surface area contributed by atoms with Crippen LogP contribution in [0.4, 0.5) is 18.9 Å². The highest BCUT2D eigenvalue weighted by Gasteiger charge is 2.30. The van der Waals surface area contributed by atoms with E-state index < -0.39 is 11.7 Å². The van der Waals surface area contributed by atoms with Crippen molar-refractivity contribution in [3.8, 4) is 0 Å². The molecule has 1 aromatic rings. The maximum absolute atomic E-state index is 12.2. The standard InChI is InChI=1S/C9H11F3N2.ClH/c10-9(11,12)7-2-1-3-8(6-7)14-5-4-13;/h1-3,6,14H,4-5,13H2;1H. The number of alkyl halides is 3. The van der Waals surface area contributed by atoms with E-state index in [1.54, 1.807) is 6.07 Å². The lowest BCUT2D eigenvalue weighted by Gasteiger charge is -2.09. The van der Waals surface area contributed by atoms with E-state index in [2.05, 4.69) is 5.32 Å². The van der Waals surface area contributed by atoms with E-state index >= 15 is 0 Å². The monoisotopic (exact) mass is 240 g/mol. The molecule has 0 unspecified atom stereocenters. The summed E-state index contributed by atoms with van der Waals surface area (Å²) in [7, 11) is 0. The number of nitrogens with one attached hydrogen (secondary N) is 1. The van der Waals surface area contributed by atoms with Gasteiger partial charge in [0, 0.05) is 18.8 Å². The second-order valence-corrected chi connectivity index (χ2v) is 2.79. The molecular formula is C9H12ClF3N2. The maximum atomic E-state index is 12.2. The Morgan fingerprint density at radius 2 is 1.93 bits per heavy atom. The molecule has 0 aliphatic rings. The van der Waals surface area contributed by atoms with E-state index in [1.807, 2.05) is 0 Å². The minimum atomic E-state index is -4.29. The fourth-order valence-electron chi connectivity index (χ4n) is 1.02. The molecule has 3 N–H and O–H groups in total. The Hall–Kier alpha value is -0.940. The van der Waals surface area contributed by atoms with Crippen molar-refractivity contribution < 1.29 is 13.2 Å². The molecule has 86 valence electrons. The molecular weight excluding hydrogens is 229 g/mol. The Labute approximate surface area is 92.1 Å². The number of anilines is 1. The van der Waals surface area contributed by atoms with Crippen LogP contribution in [0.3, 0.4) is 0 Å². The number of rotatable bonds is 3. The van der Waals surface area contributed by atoms with Gasteiger partial charge in [-0.3, -0.25) is 0 Å². The van der Waals surface area contributed by atoms with Crippen molar-refractivity contribution in [3.05, 3.63) is 29.8 Å². The molecule has 0 aliphatic heterocycles. The second kappa shape index (κ2) is 5.82. The Morgan fingerprint density at radius 1 is 1.27 bits per heavy atom. The number of hydrogen-bond donors (Lipinski definition) is 2. The van der Waals surface area contributed by atoms with Crippen LogP contribution in [0.1, 0.15) is 5.56 Å². The zero-order valence-electron chi connectivity index (χ0n) is 7.84. The first-order chi connectivity index (χ1) is 6.54. The molecule has 2 nitrogen and oxygen atoms in total. The summed E-state index contributed by atoms with van der Waals surface area (Å²) in [4.78, 5) is 0. The minimum Gasteiger partial charge on any atom is -0.384 e. The normalized spacial score (nSPS) is 10.7. The Morgan fingerprint density at radius 3 is 2.47 bits per heavy atom. The molecule has 0 bridgehead atoms. The zero-order valence-corrected chi connectivity index (χ0v) is 8.66. The summed E-state index contributed by atoms with van der Waals surface area (Å²) in [5.41, 5.74) is 5.00. The highest BCUT2D eigenvalue weighted by Crippen LogP contribution is 2.30. The molecule has 0 aliphatic carbocycles. The molecule has 0 amide bonds. The quantitative estimate of drug-likeness (QED) is 0.852. The zero-order chi connectivity index (χ0) is 10.6. The van der Waals surface area contributed by atoms with Gasteiger partial charge < -0.3 is 11.1 Å². The van der Waals surface area contributed by atoms with Crippen LogP contribution in [0, 0.1) is 0 Å². The van der Waals surface area contributed by atoms with Gasteiger partial charge in [-0.1, -0.05) is 6.07 Å². The van der Waals surface area contributed by atoms with E-state index in [0.29, 0.717) is 18.8 Å². The summed E-state index contributed by atoms with van der Waals surface area (Å²) >= 11 is 0. The Balaban J connectivity index is 0.00000196. The van der Waals surface area contributed by atoms with Crippen LogP contribution in [-0.4, -0.2) is 13.1 Å². The molecule has 0 radical (unpaired) electrons. The van der Waals surface area contributed by atoms with Gasteiger partial charge in [0.25, 0.3) is 0 Å². The fourth-order valence-corrected chi connectivity index (χ4v) is 1.02. The first-order valence-corrected chi connectivity index (χ1v) is 4.15. The molecule has 0 fully saturated rings. The van der Waals surface area contributed by atoms with E-state index in [4.69, 9.17) is 5.73 Å². The topological polar surface area (TPSA) is 38.0 Å². The van der Waals surface area contributed by atoms with Crippen LogP contribution < -0.4 is 11.1 Å². The predicted molar refractivity (Wildman–Crippen MR) is 56.2 cm³/mol. The molecule has 6 heteroatoms. The largest absolute Gasteiger partial charge is 0.416 e. The number of nitrogens with two attached hydrogens (primary N) is 1. The first-order valence-electron chi connectivity index (χ1n) is 4.15. The molecule has 0 heterocycles. The summed E-state index contributed by atoms with van der Waals surface area (Å²) in [6.45, 7) is 0.845. The Kier molecular flexibility index (Phi) is 5.46. The number of benzene rings is 1. The van der Waals surface area contributed by atoms with E-state index in [-0.39, 0.29) is 12.4 Å². The van der Waals surface area contributed by atoms with Gasteiger partial charge in [0.15, 0.2) is 0 Å². The van der Waals surface area contributed by atoms with Crippen molar-refractivity contribution >= 4 is 18.1 Å². The van der Waals surface area contributed by atoms with Gasteiger partial charge in [-0.25, -0.2) is 0 Å². The van der Waals surface area contributed by atoms with Crippen molar-refractivity contribution in [2.75, 3.05) is 18.4 Å². The summed E-state index contributed by atoms with van der Waals surface area (Å²) in [5.74, 6) is 0. The molecule has 0 saturated carbocycles. The third-order valence-corrected chi connectivity index (χ3v) is 1.66. The van der Waals surface area contributed by atoms with Crippen LogP contribution in [0.15, 0.2) is 24.3 Å². The number of halogens is 4. The highest BCUT2D eigenvalue weighted by molar-refractivity contribution is 5.85. The lowest BCUT2D eigenvalue weighted by molar-refractivity contribution is -0.137. The van der Waals surface area contributed by atoms with Crippen LogP contribution >= 0.6 is 12.4 Å². The van der Waals surface area contributed by atoms with Gasteiger partial charge in [0.05, 0.1) is 5.56 Å². The van der Waals surface area contributed by atoms with Crippen molar-refractivity contribution in [2.24, 2.45) is 5.73 Å². The number of hydrogen-bond acceptors (Lipinski definition) is 2. The van der Waals surface area contributed by atoms with E-state index in [0.717, 1.165) is 12.1 Å². The van der Waals surface area contributed by atoms with Crippen molar-refractivity contribution in [2.45, 2.75) is 6.18 Å². The predicted octanol–water partition coefficient (Wildman–Crippen LogP) is 2.50. The SMILES string of the molecule is Cl.NCCNc1cccc(C(F)(F)F)c1. The molecule has 1 aromatic carbocycles. The van der Waals surface area contributed by atoms with Crippen LogP contribution in [0.5, 0.6) is 0 Å². The van der Waals surface area contributed by atoms with E-state index in [9.17, 15) is 13.2 Å². The van der Waals surface area contributed by atoms with Gasteiger partial charge in [0.2, 0.25) is 0 Å². The molecule has 0 spiro atoms. The lowest BCUT2D eigenvalue weighted by atomic mass is 10.2. The average molecular weight is 241 g/mol. The van der Waals surface area contributed by atoms with Crippen LogP contribution in [-0.2, 0) is 6.18 Å². The average Bonchev–Trinajstić information content (AvgIpc) is 2.14. The van der Waals surface area contributed by atoms with Crippen LogP contribution in [0.25, 0.3) is 0 Å². The van der Waals surface area contributed by atoms with Gasteiger partial charge >= 0.3 is 6.18 Å². The molecule has 15 heavy (non-hydrogen) atoms. The molecule has 0 saturated heterocycles. The Bertz CT molecular complexity index is 302. The maximum Gasteiger partial charge on any atom is 0.416 e. The van der Waals surface area contributed by atoms with Gasteiger partial charge in [-0.05, 0) is 18.2 Å². The van der Waals surface area contributed by atoms with Crippen LogP contribution in [0.2, 0.25) is 0 Å². The third kappa shape index (κ3) is 4.40. The molecule has 0 atom stereocenters. The fraction of sp³-hybridized carbons (Fsp3) is 0.333. The lowest BCUT2D eigenvalue weighted by Crippen LogP contribution is -2.13. The molecule has 0 aromatic heterocycles. The van der Waals surface area contributed by atoms with Crippen molar-refractivity contribution in [1.82, 2.24) is 0 Å². The summed E-state index contributed by atoms with van der Waals surface area (Å²) in [5, 5.41) is 2.78. The van der Waals surface area contributed by atoms with Gasteiger partial charge in [-0.2, -0.15) is 13.2 Å². The highest BCUT2D eigenvalue weighted by atomic mass is 35.5. The summed E-state index contributed by atoms with van der Waals surface area (Å²) in [6.07, 6.45) is -4.29. The van der Waals surface area contributed by atoms with Crippen molar-refractivity contribution in [1.29, 1.82) is 0 Å².